The molecule has 3 rings (SSSR count). The van der Waals surface area contributed by atoms with Crippen LogP contribution in [0, 0.1) is 0 Å². The first-order valence-electron chi connectivity index (χ1n) is 8.44. The quantitative estimate of drug-likeness (QED) is 0.864. The summed E-state index contributed by atoms with van der Waals surface area (Å²) in [6.45, 7) is 8.40. The van der Waals surface area contributed by atoms with E-state index < -0.39 is 0 Å². The molecule has 1 aromatic carbocycles. The monoisotopic (exact) mass is 304 g/mol. The lowest BCUT2D eigenvalue weighted by Crippen LogP contribution is -2.54. The van der Waals surface area contributed by atoms with Crippen LogP contribution in [0.4, 0.5) is 5.69 Å². The number of piperazine rings is 1. The van der Waals surface area contributed by atoms with Crippen molar-refractivity contribution in [2.45, 2.75) is 25.8 Å². The molecule has 0 aromatic heterocycles. The summed E-state index contributed by atoms with van der Waals surface area (Å²) in [7, 11) is 2.19. The summed E-state index contributed by atoms with van der Waals surface area (Å²) in [5.41, 5.74) is 6.21. The first kappa shape index (κ1) is 15.6. The summed E-state index contributed by atoms with van der Waals surface area (Å²) < 4.78 is 5.65. The highest BCUT2D eigenvalue weighted by Gasteiger charge is 2.18. The fourth-order valence-corrected chi connectivity index (χ4v) is 3.07. The Morgan fingerprint density at radius 2 is 2.09 bits per heavy atom. The zero-order valence-electron chi connectivity index (χ0n) is 13.8. The zero-order valence-corrected chi connectivity index (χ0v) is 13.8. The van der Waals surface area contributed by atoms with Gasteiger partial charge in [-0.05, 0) is 37.6 Å². The van der Waals surface area contributed by atoms with Crippen LogP contribution in [-0.4, -0.2) is 62.3 Å². The van der Waals surface area contributed by atoms with Gasteiger partial charge in [-0.1, -0.05) is 13.0 Å². The molecule has 1 aromatic rings. The lowest BCUT2D eigenvalue weighted by Gasteiger charge is -2.35. The number of nitrogens with zero attached hydrogens (tertiary/aromatic N) is 2. The Kier molecular flexibility index (Phi) is 5.18. The third-order valence-corrected chi connectivity index (χ3v) is 4.56. The van der Waals surface area contributed by atoms with E-state index in [1.165, 1.54) is 5.56 Å². The van der Waals surface area contributed by atoms with Crippen molar-refractivity contribution in [3.8, 4) is 5.75 Å². The molecule has 0 radical (unpaired) electrons. The highest BCUT2D eigenvalue weighted by atomic mass is 16.5. The zero-order chi connectivity index (χ0) is 15.4. The SMILES string of the molecule is CCC(Cc1ccc2c(c1)NCCO2)NN1CCN(C)CC1. The largest absolute Gasteiger partial charge is 0.490 e. The molecule has 22 heavy (non-hydrogen) atoms. The molecule has 0 amide bonds. The van der Waals surface area contributed by atoms with Crippen LogP contribution in [-0.2, 0) is 6.42 Å². The van der Waals surface area contributed by atoms with Crippen LogP contribution >= 0.6 is 0 Å². The van der Waals surface area contributed by atoms with E-state index in [9.17, 15) is 0 Å². The molecule has 0 spiro atoms. The second kappa shape index (κ2) is 7.31. The van der Waals surface area contributed by atoms with E-state index in [2.05, 4.69) is 52.8 Å². The van der Waals surface area contributed by atoms with Gasteiger partial charge in [0.05, 0.1) is 5.69 Å². The number of benzene rings is 1. The maximum Gasteiger partial charge on any atom is 0.142 e. The Balaban J connectivity index is 1.58. The van der Waals surface area contributed by atoms with Gasteiger partial charge >= 0.3 is 0 Å². The molecule has 0 aliphatic carbocycles. The number of hydrogen-bond donors (Lipinski definition) is 2. The molecule has 5 heteroatoms. The second-order valence-electron chi connectivity index (χ2n) is 6.33. The Morgan fingerprint density at radius 3 is 2.86 bits per heavy atom. The molecular weight excluding hydrogens is 276 g/mol. The average molecular weight is 304 g/mol. The third-order valence-electron chi connectivity index (χ3n) is 4.56. The van der Waals surface area contributed by atoms with Crippen molar-refractivity contribution in [2.24, 2.45) is 0 Å². The molecule has 1 saturated heterocycles. The van der Waals surface area contributed by atoms with Crippen LogP contribution < -0.4 is 15.5 Å². The molecule has 5 nitrogen and oxygen atoms in total. The van der Waals surface area contributed by atoms with Crippen LogP contribution in [0.5, 0.6) is 5.75 Å². The van der Waals surface area contributed by atoms with E-state index in [-0.39, 0.29) is 0 Å². The van der Waals surface area contributed by atoms with E-state index in [1.807, 2.05) is 0 Å². The van der Waals surface area contributed by atoms with Gasteiger partial charge in [0.15, 0.2) is 0 Å². The third kappa shape index (κ3) is 3.91. The van der Waals surface area contributed by atoms with Crippen molar-refractivity contribution in [3.63, 3.8) is 0 Å². The highest BCUT2D eigenvalue weighted by Crippen LogP contribution is 2.28. The molecule has 1 fully saturated rings. The Bertz CT molecular complexity index is 486. The molecule has 1 atom stereocenters. The van der Waals surface area contributed by atoms with Gasteiger partial charge in [0.1, 0.15) is 12.4 Å². The summed E-state index contributed by atoms with van der Waals surface area (Å²) in [5, 5.41) is 5.80. The van der Waals surface area contributed by atoms with E-state index >= 15 is 0 Å². The van der Waals surface area contributed by atoms with Gasteiger partial charge in [-0.25, -0.2) is 5.01 Å². The van der Waals surface area contributed by atoms with Gasteiger partial charge in [0, 0.05) is 38.8 Å². The number of hydrogen-bond acceptors (Lipinski definition) is 5. The van der Waals surface area contributed by atoms with E-state index in [0.717, 1.165) is 63.6 Å². The minimum atomic E-state index is 0.492. The van der Waals surface area contributed by atoms with Gasteiger partial charge in [-0.3, -0.25) is 5.43 Å². The molecule has 0 saturated carbocycles. The standard InChI is InChI=1S/C17H28N4O/c1-3-15(19-21-9-7-20(2)8-10-21)12-14-4-5-17-16(13-14)18-6-11-22-17/h4-5,13,15,18-19H,3,6-12H2,1-2H3. The van der Waals surface area contributed by atoms with Crippen molar-refractivity contribution >= 4 is 5.69 Å². The Labute approximate surface area is 133 Å². The number of likely N-dealkylation sites (N-methyl/N-ethyl adjacent to an activating group) is 1. The molecule has 122 valence electrons. The minimum absolute atomic E-state index is 0.492. The molecule has 2 N–H and O–H groups in total. The van der Waals surface area contributed by atoms with Gasteiger partial charge in [0.2, 0.25) is 0 Å². The summed E-state index contributed by atoms with van der Waals surface area (Å²) in [5.74, 6) is 0.982. The van der Waals surface area contributed by atoms with Crippen molar-refractivity contribution in [1.82, 2.24) is 15.3 Å². The lowest BCUT2D eigenvalue weighted by molar-refractivity contribution is 0.0857. The van der Waals surface area contributed by atoms with Crippen LogP contribution in [0.2, 0.25) is 0 Å². The smallest absolute Gasteiger partial charge is 0.142 e. The van der Waals surface area contributed by atoms with Crippen molar-refractivity contribution in [3.05, 3.63) is 23.8 Å². The van der Waals surface area contributed by atoms with Crippen molar-refractivity contribution in [1.29, 1.82) is 0 Å². The lowest BCUT2D eigenvalue weighted by atomic mass is 10.0. The first-order chi connectivity index (χ1) is 10.7. The minimum Gasteiger partial charge on any atom is -0.490 e. The fourth-order valence-electron chi connectivity index (χ4n) is 3.07. The van der Waals surface area contributed by atoms with E-state index in [1.54, 1.807) is 0 Å². The van der Waals surface area contributed by atoms with Gasteiger partial charge < -0.3 is 15.0 Å². The molecule has 0 bridgehead atoms. The Morgan fingerprint density at radius 1 is 1.27 bits per heavy atom. The van der Waals surface area contributed by atoms with Crippen LogP contribution in [0.3, 0.4) is 0 Å². The Hall–Kier alpha value is -1.30. The van der Waals surface area contributed by atoms with E-state index in [0.29, 0.717) is 6.04 Å². The predicted molar refractivity (Wildman–Crippen MR) is 90.4 cm³/mol. The topological polar surface area (TPSA) is 39.8 Å². The van der Waals surface area contributed by atoms with Crippen molar-refractivity contribution in [2.75, 3.05) is 51.7 Å². The maximum absolute atomic E-state index is 5.65. The number of nitrogens with one attached hydrogen (secondary N) is 2. The summed E-state index contributed by atoms with van der Waals surface area (Å²) in [6.07, 6.45) is 2.19. The average Bonchev–Trinajstić information content (AvgIpc) is 2.56. The van der Waals surface area contributed by atoms with E-state index in [4.69, 9.17) is 4.74 Å². The summed E-state index contributed by atoms with van der Waals surface area (Å²) in [6, 6.07) is 7.02. The normalized spacial score (nSPS) is 20.8. The maximum atomic E-state index is 5.65. The van der Waals surface area contributed by atoms with Crippen LogP contribution in [0.15, 0.2) is 18.2 Å². The molecular formula is C17H28N4O. The van der Waals surface area contributed by atoms with Gasteiger partial charge in [0.25, 0.3) is 0 Å². The first-order valence-corrected chi connectivity index (χ1v) is 8.44. The summed E-state index contributed by atoms with van der Waals surface area (Å²) in [4.78, 5) is 2.38. The second-order valence-corrected chi connectivity index (χ2v) is 6.33. The van der Waals surface area contributed by atoms with Crippen LogP contribution in [0.1, 0.15) is 18.9 Å². The number of hydrazine groups is 1. The number of fused-ring (bicyclic) bond motifs is 1. The number of anilines is 1. The molecule has 2 aliphatic rings. The van der Waals surface area contributed by atoms with Crippen molar-refractivity contribution < 1.29 is 4.74 Å². The number of rotatable bonds is 5. The fraction of sp³-hybridized carbons (Fsp3) is 0.647. The highest BCUT2D eigenvalue weighted by molar-refractivity contribution is 5.59. The molecule has 1 unspecified atom stereocenters. The van der Waals surface area contributed by atoms with Gasteiger partial charge in [-0.2, -0.15) is 0 Å². The predicted octanol–water partition coefficient (Wildman–Crippen LogP) is 1.56. The summed E-state index contributed by atoms with van der Waals surface area (Å²) >= 11 is 0. The molecule has 2 heterocycles. The van der Waals surface area contributed by atoms with Crippen LogP contribution in [0.25, 0.3) is 0 Å². The number of ether oxygens (including phenoxy) is 1. The molecule has 2 aliphatic heterocycles. The van der Waals surface area contributed by atoms with Gasteiger partial charge in [-0.15, -0.1) is 0 Å².